The van der Waals surface area contributed by atoms with Gasteiger partial charge in [-0.1, -0.05) is 13.8 Å². The molecule has 0 bridgehead atoms. The summed E-state index contributed by atoms with van der Waals surface area (Å²) in [5.41, 5.74) is 0. The molecule has 2 N–H and O–H groups in total. The van der Waals surface area contributed by atoms with Gasteiger partial charge in [0.1, 0.15) is 0 Å². The molecule has 1 heterocycles. The molecule has 2 amide bonds. The second-order valence-electron chi connectivity index (χ2n) is 4.88. The molecule has 1 unspecified atom stereocenters. The van der Waals surface area contributed by atoms with Crippen LogP contribution in [0.3, 0.4) is 0 Å². The van der Waals surface area contributed by atoms with Crippen LogP contribution in [0.2, 0.25) is 0 Å². The first kappa shape index (κ1) is 16.1. The molecule has 0 aliphatic rings. The van der Waals surface area contributed by atoms with Gasteiger partial charge in [-0.2, -0.15) is 0 Å². The highest BCUT2D eigenvalue weighted by Crippen LogP contribution is 2.05. The first-order valence-electron chi connectivity index (χ1n) is 6.77. The monoisotopic (exact) mass is 282 g/mol. The number of amides is 2. The van der Waals surface area contributed by atoms with Gasteiger partial charge in [0.15, 0.2) is 5.76 Å². The number of hydrogen-bond acceptors (Lipinski definition) is 4. The molecule has 0 aliphatic heterocycles. The molecule has 0 aliphatic carbocycles. The molecule has 0 saturated carbocycles. The van der Waals surface area contributed by atoms with E-state index < -0.39 is 6.09 Å². The van der Waals surface area contributed by atoms with Crippen LogP contribution >= 0.6 is 0 Å². The molecule has 0 fully saturated rings. The Labute approximate surface area is 118 Å². The van der Waals surface area contributed by atoms with Crippen molar-refractivity contribution in [2.75, 3.05) is 13.2 Å². The van der Waals surface area contributed by atoms with Gasteiger partial charge in [0, 0.05) is 12.6 Å². The van der Waals surface area contributed by atoms with Crippen molar-refractivity contribution < 1.29 is 18.7 Å². The largest absolute Gasteiger partial charge is 0.459 e. The summed E-state index contributed by atoms with van der Waals surface area (Å²) in [4.78, 5) is 23.2. The first-order valence-corrected chi connectivity index (χ1v) is 6.77. The highest BCUT2D eigenvalue weighted by molar-refractivity contribution is 5.91. The predicted molar refractivity (Wildman–Crippen MR) is 74.4 cm³/mol. The van der Waals surface area contributed by atoms with Crippen LogP contribution in [0.25, 0.3) is 0 Å². The molecule has 0 radical (unpaired) electrons. The summed E-state index contributed by atoms with van der Waals surface area (Å²) in [7, 11) is 0. The van der Waals surface area contributed by atoms with Gasteiger partial charge < -0.3 is 19.8 Å². The third-order valence-electron chi connectivity index (χ3n) is 2.61. The lowest BCUT2D eigenvalue weighted by Gasteiger charge is -2.20. The molecule has 6 nitrogen and oxygen atoms in total. The van der Waals surface area contributed by atoms with Crippen molar-refractivity contribution in [1.29, 1.82) is 0 Å². The van der Waals surface area contributed by atoms with Crippen LogP contribution in [0.5, 0.6) is 0 Å². The Bertz CT molecular complexity index is 415. The molecule has 6 heteroatoms. The van der Waals surface area contributed by atoms with E-state index in [1.54, 1.807) is 19.1 Å². The summed E-state index contributed by atoms with van der Waals surface area (Å²) >= 11 is 0. The van der Waals surface area contributed by atoms with Gasteiger partial charge in [-0.05, 0) is 31.4 Å². The van der Waals surface area contributed by atoms with Crippen molar-refractivity contribution in [2.45, 2.75) is 33.2 Å². The second kappa shape index (κ2) is 8.24. The summed E-state index contributed by atoms with van der Waals surface area (Å²) in [6.45, 7) is 6.49. The fraction of sp³-hybridized carbons (Fsp3) is 0.571. The SMILES string of the molecule is CCOC(=O)NC(CNC(=O)c1ccco1)CC(C)C. The van der Waals surface area contributed by atoms with Crippen molar-refractivity contribution in [1.82, 2.24) is 10.6 Å². The molecule has 1 atom stereocenters. The lowest BCUT2D eigenvalue weighted by Crippen LogP contribution is -2.44. The van der Waals surface area contributed by atoms with E-state index >= 15 is 0 Å². The summed E-state index contributed by atoms with van der Waals surface area (Å²) in [5.74, 6) is 0.348. The average Bonchev–Trinajstić information content (AvgIpc) is 2.89. The number of alkyl carbamates (subject to hydrolysis) is 1. The summed E-state index contributed by atoms with van der Waals surface area (Å²) in [5, 5.41) is 5.48. The average molecular weight is 282 g/mol. The van der Waals surface area contributed by atoms with E-state index in [2.05, 4.69) is 10.6 Å². The Morgan fingerprint density at radius 1 is 1.40 bits per heavy atom. The Hall–Kier alpha value is -1.98. The zero-order valence-corrected chi connectivity index (χ0v) is 12.1. The van der Waals surface area contributed by atoms with E-state index in [1.165, 1.54) is 6.26 Å². The molecule has 1 rings (SSSR count). The van der Waals surface area contributed by atoms with Gasteiger partial charge >= 0.3 is 6.09 Å². The maximum atomic E-state index is 11.8. The second-order valence-corrected chi connectivity index (χ2v) is 4.88. The van der Waals surface area contributed by atoms with Crippen molar-refractivity contribution in [3.63, 3.8) is 0 Å². The van der Waals surface area contributed by atoms with Crippen LogP contribution in [-0.4, -0.2) is 31.2 Å². The molecule has 1 aromatic heterocycles. The molecule has 1 aromatic rings. The van der Waals surface area contributed by atoms with Crippen LogP contribution in [0.1, 0.15) is 37.7 Å². The van der Waals surface area contributed by atoms with Crippen molar-refractivity contribution in [3.05, 3.63) is 24.2 Å². The highest BCUT2D eigenvalue weighted by atomic mass is 16.5. The van der Waals surface area contributed by atoms with E-state index in [4.69, 9.17) is 9.15 Å². The molecule has 0 aromatic carbocycles. The van der Waals surface area contributed by atoms with Crippen molar-refractivity contribution in [2.24, 2.45) is 5.92 Å². The van der Waals surface area contributed by atoms with E-state index in [1.807, 2.05) is 13.8 Å². The maximum Gasteiger partial charge on any atom is 0.407 e. The van der Waals surface area contributed by atoms with Crippen LogP contribution < -0.4 is 10.6 Å². The molecular weight excluding hydrogens is 260 g/mol. The van der Waals surface area contributed by atoms with E-state index in [0.29, 0.717) is 19.1 Å². The number of furan rings is 1. The van der Waals surface area contributed by atoms with E-state index in [0.717, 1.165) is 6.42 Å². The zero-order chi connectivity index (χ0) is 15.0. The minimum absolute atomic E-state index is 0.173. The standard InChI is InChI=1S/C14H22N2O4/c1-4-19-14(18)16-11(8-10(2)3)9-15-13(17)12-6-5-7-20-12/h5-7,10-11H,4,8-9H2,1-3H3,(H,15,17)(H,16,18). The Morgan fingerprint density at radius 3 is 2.70 bits per heavy atom. The minimum atomic E-state index is -0.467. The lowest BCUT2D eigenvalue weighted by molar-refractivity contribution is 0.0917. The van der Waals surface area contributed by atoms with Gasteiger partial charge in [0.25, 0.3) is 5.91 Å². The third kappa shape index (κ3) is 5.77. The third-order valence-corrected chi connectivity index (χ3v) is 2.61. The van der Waals surface area contributed by atoms with Gasteiger partial charge in [-0.15, -0.1) is 0 Å². The Balaban J connectivity index is 2.47. The molecule has 0 spiro atoms. The predicted octanol–water partition coefficient (Wildman–Crippen LogP) is 2.17. The lowest BCUT2D eigenvalue weighted by atomic mass is 10.0. The fourth-order valence-corrected chi connectivity index (χ4v) is 1.81. The summed E-state index contributed by atoms with van der Waals surface area (Å²) in [6.07, 6.45) is 1.72. The van der Waals surface area contributed by atoms with Crippen LogP contribution in [0.4, 0.5) is 4.79 Å². The normalized spacial score (nSPS) is 12.0. The van der Waals surface area contributed by atoms with Gasteiger partial charge in [-0.3, -0.25) is 4.79 Å². The molecular formula is C14H22N2O4. The number of rotatable bonds is 7. The highest BCUT2D eigenvalue weighted by Gasteiger charge is 2.17. The topological polar surface area (TPSA) is 80.6 Å². The van der Waals surface area contributed by atoms with Crippen molar-refractivity contribution >= 4 is 12.0 Å². The van der Waals surface area contributed by atoms with Gasteiger partial charge in [-0.25, -0.2) is 4.79 Å². The van der Waals surface area contributed by atoms with E-state index in [-0.39, 0.29) is 17.7 Å². The minimum Gasteiger partial charge on any atom is -0.459 e. The number of carbonyl (C=O) groups excluding carboxylic acids is 2. The number of ether oxygens (including phenoxy) is 1. The molecule has 20 heavy (non-hydrogen) atoms. The number of nitrogens with one attached hydrogen (secondary N) is 2. The zero-order valence-electron chi connectivity index (χ0n) is 12.1. The summed E-state index contributed by atoms with van der Waals surface area (Å²) in [6, 6.07) is 3.07. The number of hydrogen-bond donors (Lipinski definition) is 2. The van der Waals surface area contributed by atoms with Crippen LogP contribution in [-0.2, 0) is 4.74 Å². The van der Waals surface area contributed by atoms with Crippen LogP contribution in [0.15, 0.2) is 22.8 Å². The van der Waals surface area contributed by atoms with E-state index in [9.17, 15) is 9.59 Å². The Morgan fingerprint density at radius 2 is 2.15 bits per heavy atom. The fourth-order valence-electron chi connectivity index (χ4n) is 1.81. The smallest absolute Gasteiger partial charge is 0.407 e. The first-order chi connectivity index (χ1) is 9.52. The quantitative estimate of drug-likeness (QED) is 0.803. The van der Waals surface area contributed by atoms with Gasteiger partial charge in [0.2, 0.25) is 0 Å². The number of carbonyl (C=O) groups is 2. The summed E-state index contributed by atoms with van der Waals surface area (Å²) < 4.78 is 9.86. The molecule has 112 valence electrons. The van der Waals surface area contributed by atoms with Crippen molar-refractivity contribution in [3.8, 4) is 0 Å². The van der Waals surface area contributed by atoms with Crippen LogP contribution in [0, 0.1) is 5.92 Å². The van der Waals surface area contributed by atoms with Gasteiger partial charge in [0.05, 0.1) is 12.9 Å². The maximum absolute atomic E-state index is 11.8. The Kier molecular flexibility index (Phi) is 6.63. The molecule has 0 saturated heterocycles.